The molecule has 2 rings (SSSR count). The van der Waals surface area contributed by atoms with Crippen LogP contribution in [-0.4, -0.2) is 54.7 Å². The molecule has 5 nitrogen and oxygen atoms in total. The Morgan fingerprint density at radius 2 is 2.19 bits per heavy atom. The topological polar surface area (TPSA) is 54.5 Å². The first-order valence-electron chi connectivity index (χ1n) is 7.58. The van der Waals surface area contributed by atoms with Crippen LogP contribution in [-0.2, 0) is 4.74 Å². The lowest BCUT2D eigenvalue weighted by molar-refractivity contribution is 0.0125. The van der Waals surface area contributed by atoms with E-state index in [1.54, 1.807) is 5.51 Å². The molecule has 0 radical (unpaired) electrons. The summed E-state index contributed by atoms with van der Waals surface area (Å²) in [5, 5.41) is 3.08. The van der Waals surface area contributed by atoms with E-state index < -0.39 is 0 Å². The zero-order valence-corrected chi connectivity index (χ0v) is 13.9. The average molecular weight is 311 g/mol. The molecule has 0 aromatic carbocycles. The van der Waals surface area contributed by atoms with Crippen LogP contribution >= 0.6 is 11.3 Å². The van der Waals surface area contributed by atoms with Crippen molar-refractivity contribution < 1.29 is 9.53 Å². The molecular formula is C15H25N3O2S. The van der Waals surface area contributed by atoms with Gasteiger partial charge in [-0.25, -0.2) is 4.98 Å². The smallest absolute Gasteiger partial charge is 0.263 e. The third-order valence-corrected chi connectivity index (χ3v) is 4.68. The van der Waals surface area contributed by atoms with E-state index in [9.17, 15) is 4.79 Å². The summed E-state index contributed by atoms with van der Waals surface area (Å²) in [6, 6.07) is 0.381. The number of hydrogen-bond donors (Lipinski definition) is 1. The van der Waals surface area contributed by atoms with Crippen LogP contribution in [0.15, 0.2) is 5.51 Å². The Morgan fingerprint density at radius 1 is 1.48 bits per heavy atom. The fourth-order valence-electron chi connectivity index (χ4n) is 2.66. The van der Waals surface area contributed by atoms with Crippen LogP contribution < -0.4 is 5.32 Å². The molecule has 0 spiro atoms. The van der Waals surface area contributed by atoms with E-state index in [1.807, 2.05) is 6.92 Å². The second-order valence-corrected chi connectivity index (χ2v) is 6.76. The quantitative estimate of drug-likeness (QED) is 0.872. The average Bonchev–Trinajstić information content (AvgIpc) is 2.90. The Labute approximate surface area is 130 Å². The Morgan fingerprint density at radius 3 is 2.76 bits per heavy atom. The van der Waals surface area contributed by atoms with Gasteiger partial charge in [0.2, 0.25) is 0 Å². The third kappa shape index (κ3) is 4.76. The number of hydrogen-bond acceptors (Lipinski definition) is 5. The van der Waals surface area contributed by atoms with Crippen molar-refractivity contribution in [3.63, 3.8) is 0 Å². The summed E-state index contributed by atoms with van der Waals surface area (Å²) in [5.74, 6) is 0.608. The number of carbonyl (C=O) groups excluding carboxylic acids is 1. The molecule has 1 atom stereocenters. The summed E-state index contributed by atoms with van der Waals surface area (Å²) in [4.78, 5) is 19.5. The number of morpholine rings is 1. The lowest BCUT2D eigenvalue weighted by Crippen LogP contribution is -2.49. The normalized spacial score (nSPS) is 17.9. The van der Waals surface area contributed by atoms with Gasteiger partial charge in [-0.05, 0) is 19.3 Å². The highest BCUT2D eigenvalue weighted by Crippen LogP contribution is 2.15. The first kappa shape index (κ1) is 16.4. The summed E-state index contributed by atoms with van der Waals surface area (Å²) in [6.07, 6.45) is 1.09. The van der Waals surface area contributed by atoms with Gasteiger partial charge in [-0.1, -0.05) is 13.8 Å². The Hall–Kier alpha value is -0.980. The van der Waals surface area contributed by atoms with Gasteiger partial charge in [0.25, 0.3) is 5.91 Å². The zero-order valence-electron chi connectivity index (χ0n) is 13.1. The number of ether oxygens (including phenoxy) is 1. The first-order valence-corrected chi connectivity index (χ1v) is 8.46. The number of carbonyl (C=O) groups is 1. The number of aromatic nitrogens is 1. The molecule has 1 aromatic rings. The Bertz CT molecular complexity index is 456. The number of nitrogens with one attached hydrogen (secondary N) is 1. The highest BCUT2D eigenvalue weighted by Gasteiger charge is 2.23. The highest BCUT2D eigenvalue weighted by molar-refractivity contribution is 7.11. The van der Waals surface area contributed by atoms with Crippen LogP contribution in [0.5, 0.6) is 0 Å². The summed E-state index contributed by atoms with van der Waals surface area (Å²) in [5.41, 5.74) is 2.53. The van der Waals surface area contributed by atoms with Crippen LogP contribution in [0, 0.1) is 12.8 Å². The van der Waals surface area contributed by atoms with Crippen molar-refractivity contribution in [3.05, 3.63) is 16.1 Å². The first-order chi connectivity index (χ1) is 10.1. The maximum Gasteiger partial charge on any atom is 0.263 e. The van der Waals surface area contributed by atoms with E-state index in [1.165, 1.54) is 11.3 Å². The Kier molecular flexibility index (Phi) is 6.14. The summed E-state index contributed by atoms with van der Waals surface area (Å²) in [7, 11) is 0. The second-order valence-electron chi connectivity index (χ2n) is 5.91. The lowest BCUT2D eigenvalue weighted by Gasteiger charge is -2.35. The van der Waals surface area contributed by atoms with E-state index in [4.69, 9.17) is 4.74 Å². The van der Waals surface area contributed by atoms with Crippen molar-refractivity contribution in [2.45, 2.75) is 33.2 Å². The van der Waals surface area contributed by atoms with Crippen LogP contribution in [0.2, 0.25) is 0 Å². The molecule has 0 saturated carbocycles. The summed E-state index contributed by atoms with van der Waals surface area (Å²) in [6.45, 7) is 10.5. The highest BCUT2D eigenvalue weighted by atomic mass is 32.1. The maximum absolute atomic E-state index is 12.2. The van der Waals surface area contributed by atoms with Crippen molar-refractivity contribution in [1.82, 2.24) is 15.2 Å². The van der Waals surface area contributed by atoms with Crippen LogP contribution in [0.25, 0.3) is 0 Å². The molecule has 1 aromatic heterocycles. The number of thiazole rings is 1. The van der Waals surface area contributed by atoms with E-state index in [0.717, 1.165) is 43.3 Å². The third-order valence-electron chi connectivity index (χ3n) is 3.76. The summed E-state index contributed by atoms with van der Waals surface area (Å²) < 4.78 is 5.42. The van der Waals surface area contributed by atoms with E-state index >= 15 is 0 Å². The van der Waals surface area contributed by atoms with Gasteiger partial charge in [-0.3, -0.25) is 9.69 Å². The molecule has 1 unspecified atom stereocenters. The molecule has 2 heterocycles. The SMILES string of the molecule is Cc1ncsc1C(=O)NCC(CC(C)C)N1CCOCC1. The minimum Gasteiger partial charge on any atom is -0.379 e. The number of rotatable bonds is 6. The van der Waals surface area contributed by atoms with Crippen molar-refractivity contribution in [2.75, 3.05) is 32.8 Å². The lowest BCUT2D eigenvalue weighted by atomic mass is 10.0. The van der Waals surface area contributed by atoms with E-state index in [2.05, 4.69) is 29.0 Å². The van der Waals surface area contributed by atoms with Crippen molar-refractivity contribution in [1.29, 1.82) is 0 Å². The molecule has 1 fully saturated rings. The molecule has 0 aliphatic carbocycles. The predicted molar refractivity (Wildman–Crippen MR) is 84.8 cm³/mol. The molecule has 21 heavy (non-hydrogen) atoms. The molecule has 118 valence electrons. The minimum atomic E-state index is -0.00276. The number of amides is 1. The maximum atomic E-state index is 12.2. The number of aryl methyl sites for hydroxylation is 1. The number of nitrogens with zero attached hydrogens (tertiary/aromatic N) is 2. The van der Waals surface area contributed by atoms with Gasteiger partial charge in [0, 0.05) is 25.7 Å². The molecular weight excluding hydrogens is 286 g/mol. The van der Waals surface area contributed by atoms with Gasteiger partial charge in [0.05, 0.1) is 24.4 Å². The van der Waals surface area contributed by atoms with Gasteiger partial charge in [0.1, 0.15) is 4.88 Å². The molecule has 0 bridgehead atoms. The monoisotopic (exact) mass is 311 g/mol. The second kappa shape index (κ2) is 7.87. The van der Waals surface area contributed by atoms with Gasteiger partial charge in [-0.2, -0.15) is 0 Å². The largest absolute Gasteiger partial charge is 0.379 e. The van der Waals surface area contributed by atoms with Crippen molar-refractivity contribution in [3.8, 4) is 0 Å². The molecule has 6 heteroatoms. The zero-order chi connectivity index (χ0) is 15.2. The fraction of sp³-hybridized carbons (Fsp3) is 0.733. The summed E-state index contributed by atoms with van der Waals surface area (Å²) >= 11 is 1.40. The molecule has 1 aliphatic rings. The molecule has 1 saturated heterocycles. The fourth-order valence-corrected chi connectivity index (χ4v) is 3.38. The van der Waals surface area contributed by atoms with Gasteiger partial charge in [0.15, 0.2) is 0 Å². The van der Waals surface area contributed by atoms with E-state index in [-0.39, 0.29) is 5.91 Å². The Balaban J connectivity index is 1.92. The minimum absolute atomic E-state index is 0.00276. The predicted octanol–water partition coefficient (Wildman–Crippen LogP) is 1.93. The molecule has 1 amide bonds. The molecule has 1 N–H and O–H groups in total. The van der Waals surface area contributed by atoms with Gasteiger partial charge in [-0.15, -0.1) is 11.3 Å². The van der Waals surface area contributed by atoms with Gasteiger partial charge < -0.3 is 10.1 Å². The van der Waals surface area contributed by atoms with Crippen LogP contribution in [0.3, 0.4) is 0 Å². The van der Waals surface area contributed by atoms with Gasteiger partial charge >= 0.3 is 0 Å². The van der Waals surface area contributed by atoms with E-state index in [0.29, 0.717) is 18.5 Å². The van der Waals surface area contributed by atoms with Crippen LogP contribution in [0.4, 0.5) is 0 Å². The molecule has 1 aliphatic heterocycles. The standard InChI is InChI=1S/C15H25N3O2S/c1-11(2)8-13(18-4-6-20-7-5-18)9-16-15(19)14-12(3)17-10-21-14/h10-11,13H,4-9H2,1-3H3,(H,16,19). The van der Waals surface area contributed by atoms with Crippen LogP contribution in [0.1, 0.15) is 35.6 Å². The van der Waals surface area contributed by atoms with Crippen molar-refractivity contribution >= 4 is 17.2 Å². The van der Waals surface area contributed by atoms with Crippen molar-refractivity contribution in [2.24, 2.45) is 5.92 Å².